The average molecular weight is 603 g/mol. The van der Waals surface area contributed by atoms with Gasteiger partial charge >= 0.3 is 37.9 Å². The molecule has 35 heavy (non-hydrogen) atoms. The van der Waals surface area contributed by atoms with Crippen LogP contribution in [0.5, 0.6) is 0 Å². The number of hydrogen-bond acceptors (Lipinski definition) is 0. The van der Waals surface area contributed by atoms with Crippen molar-refractivity contribution < 1.29 is 20.8 Å². The Kier molecular flexibility index (Phi) is 11.4. The Hall–Kier alpha value is -0.447. The second-order valence-corrected chi connectivity index (χ2v) is 16.6. The Morgan fingerprint density at radius 3 is 1.63 bits per heavy atom. The van der Waals surface area contributed by atoms with E-state index >= 15 is 0 Å². The first-order chi connectivity index (χ1) is 17.2. The van der Waals surface area contributed by atoms with E-state index in [1.54, 1.807) is 5.30 Å². The quantitative estimate of drug-likeness (QED) is 0.162. The Bertz CT molecular complexity index is 1070. The molecule has 4 aromatic rings. The summed E-state index contributed by atoms with van der Waals surface area (Å²) in [6.07, 6.45) is 14.9. The van der Waals surface area contributed by atoms with Crippen molar-refractivity contribution in [2.45, 2.75) is 82.4 Å². The van der Waals surface area contributed by atoms with Crippen LogP contribution in [0.25, 0.3) is 21.5 Å². The Balaban J connectivity index is 0.000000184. The van der Waals surface area contributed by atoms with Gasteiger partial charge in [-0.15, -0.1) is 80.9 Å². The molecule has 2 aliphatic carbocycles. The molecule has 0 aromatic heterocycles. The van der Waals surface area contributed by atoms with Gasteiger partial charge in [-0.1, -0.05) is 65.5 Å². The molecule has 4 heteroatoms. The predicted molar refractivity (Wildman–Crippen MR) is 156 cm³/mol. The maximum Gasteiger partial charge on any atom is -0.0181 e. The molecule has 0 nitrogen and oxygen atoms in total. The van der Waals surface area contributed by atoms with Crippen LogP contribution in [0, 0.1) is 6.92 Å². The Morgan fingerprint density at radius 1 is 0.686 bits per heavy atom. The van der Waals surface area contributed by atoms with E-state index in [9.17, 15) is 0 Å². The van der Waals surface area contributed by atoms with Crippen LogP contribution in [-0.4, -0.2) is 11.3 Å². The fourth-order valence-corrected chi connectivity index (χ4v) is 9.89. The van der Waals surface area contributed by atoms with Gasteiger partial charge in [0.2, 0.25) is 0 Å². The minimum Gasteiger partial charge on any atom is -0.161 e. The van der Waals surface area contributed by atoms with Crippen LogP contribution in [0.2, 0.25) is 0 Å². The first-order valence-corrected chi connectivity index (χ1v) is 21.0. The van der Waals surface area contributed by atoms with Crippen LogP contribution in [-0.2, 0) is 20.8 Å². The van der Waals surface area contributed by atoms with E-state index in [2.05, 4.69) is 79.7 Å². The number of aryl methyl sites for hydroxylation is 1. The van der Waals surface area contributed by atoms with Crippen molar-refractivity contribution in [3.63, 3.8) is 0 Å². The molecular formula is C31H37Cl2PZr. The number of hydrogen-bond donors (Lipinski definition) is 0. The molecule has 184 valence electrons. The molecule has 0 unspecified atom stereocenters. The van der Waals surface area contributed by atoms with Crippen LogP contribution in [0.4, 0.5) is 0 Å². The van der Waals surface area contributed by atoms with Gasteiger partial charge in [0.05, 0.1) is 0 Å². The van der Waals surface area contributed by atoms with Crippen LogP contribution in [0.3, 0.4) is 0 Å². The molecule has 0 spiro atoms. The van der Waals surface area contributed by atoms with Crippen molar-refractivity contribution in [3.05, 3.63) is 78.4 Å². The molecule has 0 heterocycles. The average Bonchev–Trinajstić information content (AvgIpc) is 3.49. The van der Waals surface area contributed by atoms with Crippen molar-refractivity contribution in [1.29, 1.82) is 0 Å². The van der Waals surface area contributed by atoms with E-state index in [1.807, 2.05) is 0 Å². The third-order valence-electron chi connectivity index (χ3n) is 7.60. The minimum atomic E-state index is -0.826. The van der Waals surface area contributed by atoms with E-state index in [4.69, 9.17) is 17.0 Å². The van der Waals surface area contributed by atoms with E-state index in [0.29, 0.717) is 0 Å². The molecule has 6 rings (SSSR count). The van der Waals surface area contributed by atoms with Gasteiger partial charge < -0.3 is 0 Å². The van der Waals surface area contributed by atoms with Crippen LogP contribution >= 0.6 is 24.9 Å². The van der Waals surface area contributed by atoms with Crippen LogP contribution in [0.1, 0.15) is 69.8 Å². The molecule has 0 N–H and O–H groups in total. The number of halogens is 2. The molecule has 2 saturated carbocycles. The summed E-state index contributed by atoms with van der Waals surface area (Å²) in [4.78, 5) is 0. The largest absolute Gasteiger partial charge is 0.161 e. The van der Waals surface area contributed by atoms with Crippen molar-refractivity contribution in [3.8, 4) is 0 Å². The Morgan fingerprint density at radius 2 is 1.14 bits per heavy atom. The van der Waals surface area contributed by atoms with Crippen molar-refractivity contribution >= 4 is 51.8 Å². The minimum absolute atomic E-state index is 0.0611. The summed E-state index contributed by atoms with van der Waals surface area (Å²) >= 11 is -0.826. The number of fused-ring (bicyclic) bond motifs is 2. The standard InChI is InChI=1S/C21H28P.C10H9.2ClH.Zr/c1-3-11-19(12-4-1)22(20-13-5-2-6-14-20)21-15-17-9-7-8-10-18(17)16-21;1-8-6-9-4-2-3-5-10(9)7-8;;;/h7-10,15-16,19-20H,1-6,11-14H2;2-7H,1H3;2*1H;/q2*-1;;;+4/p-2. The first kappa shape index (κ1) is 27.6. The second kappa shape index (κ2) is 14.5. The topological polar surface area (TPSA) is 0 Å². The molecule has 0 saturated heterocycles. The molecule has 0 amide bonds. The summed E-state index contributed by atoms with van der Waals surface area (Å²) < 4.78 is 0. The van der Waals surface area contributed by atoms with Gasteiger partial charge in [-0.05, 0) is 37.0 Å². The zero-order chi connectivity index (χ0) is 24.5. The van der Waals surface area contributed by atoms with Gasteiger partial charge in [0, 0.05) is 0 Å². The van der Waals surface area contributed by atoms with Gasteiger partial charge in [0.1, 0.15) is 0 Å². The smallest absolute Gasteiger partial charge is 0.0181 e. The van der Waals surface area contributed by atoms with Crippen molar-refractivity contribution in [2.24, 2.45) is 0 Å². The van der Waals surface area contributed by atoms with E-state index in [1.165, 1.54) is 91.3 Å². The van der Waals surface area contributed by atoms with E-state index in [0.717, 1.165) is 11.3 Å². The molecule has 2 fully saturated rings. The third kappa shape index (κ3) is 7.77. The number of benzene rings is 2. The summed E-state index contributed by atoms with van der Waals surface area (Å²) in [7, 11) is 9.93. The Labute approximate surface area is 231 Å². The van der Waals surface area contributed by atoms with Gasteiger partial charge in [-0.25, -0.2) is 0 Å². The second-order valence-electron chi connectivity index (χ2n) is 10.1. The van der Waals surface area contributed by atoms with Crippen LogP contribution < -0.4 is 5.30 Å². The summed E-state index contributed by atoms with van der Waals surface area (Å²) in [5.41, 5.74) is 3.38. The molecule has 0 bridgehead atoms. The van der Waals surface area contributed by atoms with Crippen LogP contribution in [0.15, 0.2) is 72.8 Å². The molecule has 2 aliphatic rings. The van der Waals surface area contributed by atoms with Gasteiger partial charge in [0.25, 0.3) is 0 Å². The maximum absolute atomic E-state index is 4.93. The van der Waals surface area contributed by atoms with Crippen molar-refractivity contribution in [1.82, 2.24) is 0 Å². The van der Waals surface area contributed by atoms with Gasteiger partial charge in [-0.3, -0.25) is 0 Å². The zero-order valence-electron chi connectivity index (χ0n) is 20.9. The summed E-state index contributed by atoms with van der Waals surface area (Å²) in [6, 6.07) is 26.9. The van der Waals surface area contributed by atoms with Crippen molar-refractivity contribution in [2.75, 3.05) is 0 Å². The molecule has 0 atom stereocenters. The van der Waals surface area contributed by atoms with E-state index in [-0.39, 0.29) is 7.92 Å². The molecular weight excluding hydrogens is 565 g/mol. The fraction of sp³-hybridized carbons (Fsp3) is 0.419. The first-order valence-electron chi connectivity index (χ1n) is 13.2. The fourth-order valence-electron chi connectivity index (χ4n) is 6.03. The maximum atomic E-state index is 4.93. The predicted octanol–water partition coefficient (Wildman–Crippen LogP) is 10.6. The normalized spacial score (nSPS) is 16.9. The summed E-state index contributed by atoms with van der Waals surface area (Å²) in [5, 5.41) is 7.36. The van der Waals surface area contributed by atoms with E-state index < -0.39 is 20.8 Å². The summed E-state index contributed by atoms with van der Waals surface area (Å²) in [5.74, 6) is 0. The monoisotopic (exact) mass is 600 g/mol. The third-order valence-corrected chi connectivity index (χ3v) is 11.1. The molecule has 0 radical (unpaired) electrons. The number of rotatable bonds is 3. The zero-order valence-corrected chi connectivity index (χ0v) is 25.7. The summed E-state index contributed by atoms with van der Waals surface area (Å²) in [6.45, 7) is 2.12. The van der Waals surface area contributed by atoms with Gasteiger partial charge in [-0.2, -0.15) is 12.1 Å². The van der Waals surface area contributed by atoms with Gasteiger partial charge in [0.15, 0.2) is 0 Å². The SMILES string of the molecule is Cc1cc2ccccc2[cH-]1.[Cl][Zr+2][Cl].c1ccc2[cH-]c(P(C3CCCCC3)C3CCCCC3)cc2c1. The molecule has 4 aromatic carbocycles. The molecule has 0 aliphatic heterocycles.